The fourth-order valence-electron chi connectivity index (χ4n) is 1.92. The Hall–Kier alpha value is -3.34. The molecule has 8 heteroatoms. The molecular formula is C15H14N4O4. The van der Waals surface area contributed by atoms with Crippen molar-refractivity contribution in [1.29, 1.82) is 5.26 Å². The fraction of sp³-hybridized carbons (Fsp3) is 0.200. The van der Waals surface area contributed by atoms with Crippen molar-refractivity contribution in [2.45, 2.75) is 6.92 Å². The zero-order chi connectivity index (χ0) is 16.8. The summed E-state index contributed by atoms with van der Waals surface area (Å²) in [6, 6.07) is 9.58. The maximum Gasteiger partial charge on any atom is 0.305 e. The van der Waals surface area contributed by atoms with Crippen molar-refractivity contribution >= 4 is 17.2 Å². The molecule has 0 saturated heterocycles. The van der Waals surface area contributed by atoms with Crippen LogP contribution in [0.4, 0.5) is 17.2 Å². The van der Waals surface area contributed by atoms with Gasteiger partial charge in [0.25, 0.3) is 0 Å². The monoisotopic (exact) mass is 314 g/mol. The third-order valence-electron chi connectivity index (χ3n) is 2.91. The van der Waals surface area contributed by atoms with Crippen LogP contribution in [-0.2, 0) is 0 Å². The SMILES string of the molecule is CCOc1ccc(Nc2ccc([N+](=O)[O-])c(C#N)n2)cc1OC. The maximum atomic E-state index is 10.8. The van der Waals surface area contributed by atoms with Gasteiger partial charge in [-0.1, -0.05) is 0 Å². The number of benzene rings is 1. The van der Waals surface area contributed by atoms with E-state index in [0.717, 1.165) is 0 Å². The van der Waals surface area contributed by atoms with E-state index in [4.69, 9.17) is 14.7 Å². The van der Waals surface area contributed by atoms with Crippen LogP contribution in [0.5, 0.6) is 11.5 Å². The van der Waals surface area contributed by atoms with E-state index in [1.165, 1.54) is 19.2 Å². The highest BCUT2D eigenvalue weighted by Gasteiger charge is 2.15. The Bertz CT molecular complexity index is 771. The number of nitriles is 1. The lowest BCUT2D eigenvalue weighted by atomic mass is 10.2. The van der Waals surface area contributed by atoms with Crippen LogP contribution in [-0.4, -0.2) is 23.6 Å². The molecule has 1 heterocycles. The number of ether oxygens (including phenoxy) is 2. The average molecular weight is 314 g/mol. The number of anilines is 2. The minimum Gasteiger partial charge on any atom is -0.493 e. The van der Waals surface area contributed by atoms with Crippen LogP contribution in [0.2, 0.25) is 0 Å². The molecule has 1 N–H and O–H groups in total. The van der Waals surface area contributed by atoms with Gasteiger partial charge in [0.1, 0.15) is 11.9 Å². The summed E-state index contributed by atoms with van der Waals surface area (Å²) in [5.41, 5.74) is 0.0655. The number of pyridine rings is 1. The zero-order valence-electron chi connectivity index (χ0n) is 12.6. The molecule has 0 amide bonds. The summed E-state index contributed by atoms with van der Waals surface area (Å²) in [6.45, 7) is 2.38. The molecule has 0 unspecified atom stereocenters. The van der Waals surface area contributed by atoms with E-state index in [2.05, 4.69) is 10.3 Å². The number of rotatable bonds is 6. The number of hydrogen-bond acceptors (Lipinski definition) is 7. The first-order valence-corrected chi connectivity index (χ1v) is 6.72. The standard InChI is InChI=1S/C15H14N4O4/c1-3-23-13-6-4-10(8-14(13)22-2)17-15-7-5-12(19(20)21)11(9-16)18-15/h4-8H,3H2,1-2H3,(H,17,18). The van der Waals surface area contributed by atoms with Gasteiger partial charge in [-0.15, -0.1) is 0 Å². The van der Waals surface area contributed by atoms with E-state index in [0.29, 0.717) is 29.6 Å². The highest BCUT2D eigenvalue weighted by Crippen LogP contribution is 2.31. The van der Waals surface area contributed by atoms with Gasteiger partial charge in [-0.3, -0.25) is 10.1 Å². The van der Waals surface area contributed by atoms with E-state index >= 15 is 0 Å². The molecule has 2 rings (SSSR count). The summed E-state index contributed by atoms with van der Waals surface area (Å²) in [4.78, 5) is 14.1. The third kappa shape index (κ3) is 3.65. The normalized spacial score (nSPS) is 9.78. The Labute approximate surface area is 132 Å². The van der Waals surface area contributed by atoms with Crippen LogP contribution >= 0.6 is 0 Å². The van der Waals surface area contributed by atoms with E-state index in [1.54, 1.807) is 24.3 Å². The minimum absolute atomic E-state index is 0.252. The van der Waals surface area contributed by atoms with Crippen molar-refractivity contribution in [3.63, 3.8) is 0 Å². The van der Waals surface area contributed by atoms with Crippen LogP contribution in [0.3, 0.4) is 0 Å². The summed E-state index contributed by atoms with van der Waals surface area (Å²) in [5, 5.41) is 22.7. The first-order chi connectivity index (χ1) is 11.1. The molecule has 118 valence electrons. The molecule has 0 atom stereocenters. The largest absolute Gasteiger partial charge is 0.493 e. The molecular weight excluding hydrogens is 300 g/mol. The third-order valence-corrected chi connectivity index (χ3v) is 2.91. The van der Waals surface area contributed by atoms with E-state index < -0.39 is 4.92 Å². The number of hydrogen-bond donors (Lipinski definition) is 1. The Balaban J connectivity index is 2.29. The molecule has 8 nitrogen and oxygen atoms in total. The predicted molar refractivity (Wildman–Crippen MR) is 83.1 cm³/mol. The highest BCUT2D eigenvalue weighted by molar-refractivity contribution is 5.63. The molecule has 1 aromatic carbocycles. The van der Waals surface area contributed by atoms with Gasteiger partial charge in [-0.2, -0.15) is 5.26 Å². The van der Waals surface area contributed by atoms with Gasteiger partial charge in [0.2, 0.25) is 5.69 Å². The molecule has 1 aromatic heterocycles. The molecule has 0 bridgehead atoms. The molecule has 0 spiro atoms. The van der Waals surface area contributed by atoms with Gasteiger partial charge < -0.3 is 14.8 Å². The predicted octanol–water partition coefficient (Wildman–Crippen LogP) is 3.01. The highest BCUT2D eigenvalue weighted by atomic mass is 16.6. The second kappa shape index (κ2) is 7.09. The van der Waals surface area contributed by atoms with Gasteiger partial charge in [-0.05, 0) is 25.1 Å². The molecule has 2 aromatic rings. The van der Waals surface area contributed by atoms with Crippen molar-refractivity contribution < 1.29 is 14.4 Å². The number of nitro groups is 1. The van der Waals surface area contributed by atoms with Crippen molar-refractivity contribution in [3.05, 3.63) is 46.1 Å². The van der Waals surface area contributed by atoms with Crippen molar-refractivity contribution in [2.24, 2.45) is 0 Å². The topological polar surface area (TPSA) is 110 Å². The summed E-state index contributed by atoms with van der Waals surface area (Å²) in [5.74, 6) is 1.47. The molecule has 23 heavy (non-hydrogen) atoms. The molecule has 0 fully saturated rings. The Morgan fingerprint density at radius 1 is 1.35 bits per heavy atom. The summed E-state index contributed by atoms with van der Waals surface area (Å²) in [6.07, 6.45) is 0. The second-order valence-corrected chi connectivity index (χ2v) is 4.36. The maximum absolute atomic E-state index is 10.8. The molecule has 0 aliphatic rings. The van der Waals surface area contributed by atoms with Gasteiger partial charge in [-0.25, -0.2) is 4.98 Å². The van der Waals surface area contributed by atoms with Crippen molar-refractivity contribution in [1.82, 2.24) is 4.98 Å². The number of aromatic nitrogens is 1. The lowest BCUT2D eigenvalue weighted by molar-refractivity contribution is -0.385. The van der Waals surface area contributed by atoms with Crippen molar-refractivity contribution in [3.8, 4) is 17.6 Å². The molecule has 0 saturated carbocycles. The van der Waals surface area contributed by atoms with Crippen LogP contribution in [0.15, 0.2) is 30.3 Å². The van der Waals surface area contributed by atoms with Crippen molar-refractivity contribution in [2.75, 3.05) is 19.0 Å². The smallest absolute Gasteiger partial charge is 0.305 e. The summed E-state index contributed by atoms with van der Waals surface area (Å²) in [7, 11) is 1.53. The molecule has 0 radical (unpaired) electrons. The first-order valence-electron chi connectivity index (χ1n) is 6.72. The lowest BCUT2D eigenvalue weighted by Gasteiger charge is -2.12. The van der Waals surface area contributed by atoms with Crippen LogP contribution in [0.1, 0.15) is 12.6 Å². The zero-order valence-corrected chi connectivity index (χ0v) is 12.6. The van der Waals surface area contributed by atoms with Crippen LogP contribution in [0, 0.1) is 21.4 Å². The van der Waals surface area contributed by atoms with Gasteiger partial charge in [0.05, 0.1) is 18.6 Å². The number of methoxy groups -OCH3 is 1. The Morgan fingerprint density at radius 3 is 2.74 bits per heavy atom. The van der Waals surface area contributed by atoms with Gasteiger partial charge in [0, 0.05) is 17.8 Å². The van der Waals surface area contributed by atoms with E-state index in [1.807, 2.05) is 6.92 Å². The van der Waals surface area contributed by atoms with E-state index in [9.17, 15) is 10.1 Å². The Morgan fingerprint density at radius 2 is 2.13 bits per heavy atom. The first kappa shape index (κ1) is 16.0. The summed E-state index contributed by atoms with van der Waals surface area (Å²) < 4.78 is 10.7. The fourth-order valence-corrected chi connectivity index (χ4v) is 1.92. The van der Waals surface area contributed by atoms with Gasteiger partial charge >= 0.3 is 5.69 Å². The minimum atomic E-state index is -0.644. The van der Waals surface area contributed by atoms with Crippen LogP contribution < -0.4 is 14.8 Å². The van der Waals surface area contributed by atoms with E-state index in [-0.39, 0.29) is 11.4 Å². The second-order valence-electron chi connectivity index (χ2n) is 4.36. The van der Waals surface area contributed by atoms with Gasteiger partial charge in [0.15, 0.2) is 11.5 Å². The molecule has 0 aliphatic heterocycles. The Kier molecular flexibility index (Phi) is 4.94. The summed E-state index contributed by atoms with van der Waals surface area (Å²) >= 11 is 0. The van der Waals surface area contributed by atoms with Crippen LogP contribution in [0.25, 0.3) is 0 Å². The molecule has 0 aliphatic carbocycles. The quantitative estimate of drug-likeness (QED) is 0.644. The average Bonchev–Trinajstić information content (AvgIpc) is 2.56. The lowest BCUT2D eigenvalue weighted by Crippen LogP contribution is -2.00. The number of nitrogens with zero attached hydrogens (tertiary/aromatic N) is 3. The number of nitrogens with one attached hydrogen (secondary N) is 1.